The molecule has 4 aromatic heterocycles. The largest absolute Gasteiger partial charge is 0.508 e. The van der Waals surface area contributed by atoms with Gasteiger partial charge in [-0.3, -0.25) is 9.58 Å². The molecule has 4 fully saturated rings. The van der Waals surface area contributed by atoms with Gasteiger partial charge >= 0.3 is 0 Å². The molecule has 0 spiro atoms. The highest BCUT2D eigenvalue weighted by Crippen LogP contribution is 2.38. The van der Waals surface area contributed by atoms with E-state index in [-0.39, 0.29) is 11.6 Å². The number of aromatic hydroxyl groups is 1. The second-order valence-electron chi connectivity index (χ2n) is 11.8. The fourth-order valence-corrected chi connectivity index (χ4v) is 6.90. The van der Waals surface area contributed by atoms with Gasteiger partial charge in [0.05, 0.1) is 23.5 Å². The first-order valence-corrected chi connectivity index (χ1v) is 14.7. The van der Waals surface area contributed by atoms with E-state index in [2.05, 4.69) is 42.4 Å². The summed E-state index contributed by atoms with van der Waals surface area (Å²) in [6, 6.07) is 13.5. The number of piperazine rings is 1. The van der Waals surface area contributed by atoms with Gasteiger partial charge in [0.15, 0.2) is 0 Å². The predicted molar refractivity (Wildman–Crippen MR) is 160 cm³/mol. The molecule has 1 aromatic carbocycles. The van der Waals surface area contributed by atoms with Gasteiger partial charge in [-0.05, 0) is 55.8 Å². The number of H-pyrrole nitrogens is 1. The summed E-state index contributed by atoms with van der Waals surface area (Å²) in [6.45, 7) is 4.08. The Bertz CT molecular complexity index is 1860. The van der Waals surface area contributed by atoms with Gasteiger partial charge in [0.25, 0.3) is 0 Å². The molecule has 0 saturated carbocycles. The Morgan fingerprint density at radius 1 is 1.02 bits per heavy atom. The van der Waals surface area contributed by atoms with Crippen molar-refractivity contribution in [3.63, 3.8) is 0 Å². The van der Waals surface area contributed by atoms with Crippen molar-refractivity contribution in [3.8, 4) is 34.2 Å². The molecular formula is C32H30FN9O. The van der Waals surface area contributed by atoms with E-state index in [1.807, 2.05) is 35.3 Å². The SMILES string of the molecule is N#Cc1cnc2[nH]c(-c3cnn([C@@H]4CCNC4)c3)cc2c1-c1ccc(N2CC3CC(C2)N3Cc2cc(F)ccc2O)nc1. The first kappa shape index (κ1) is 25.9. The summed E-state index contributed by atoms with van der Waals surface area (Å²) in [7, 11) is 0. The van der Waals surface area contributed by atoms with Crippen molar-refractivity contribution >= 4 is 16.9 Å². The topological polar surface area (TPSA) is 122 Å². The van der Waals surface area contributed by atoms with Crippen LogP contribution in [0.2, 0.25) is 0 Å². The normalized spacial score (nSPS) is 21.7. The van der Waals surface area contributed by atoms with Crippen LogP contribution in [0.25, 0.3) is 33.4 Å². The molecule has 3 atom stereocenters. The fraction of sp³-hybridized carbons (Fsp3) is 0.312. The van der Waals surface area contributed by atoms with Crippen molar-refractivity contribution < 1.29 is 9.50 Å². The third kappa shape index (κ3) is 4.50. The Kier molecular flexibility index (Phi) is 6.13. The maximum atomic E-state index is 13.7. The highest BCUT2D eigenvalue weighted by molar-refractivity contribution is 5.98. The third-order valence-electron chi connectivity index (χ3n) is 9.20. The van der Waals surface area contributed by atoms with Crippen molar-refractivity contribution in [1.82, 2.24) is 34.9 Å². The first-order valence-electron chi connectivity index (χ1n) is 14.7. The average Bonchev–Trinajstić information content (AvgIpc) is 3.82. The number of hydrogen-bond donors (Lipinski definition) is 3. The van der Waals surface area contributed by atoms with Crippen LogP contribution >= 0.6 is 0 Å². The van der Waals surface area contributed by atoms with Crippen LogP contribution in [-0.2, 0) is 6.54 Å². The lowest BCUT2D eigenvalue weighted by atomic mass is 9.86. The maximum Gasteiger partial charge on any atom is 0.138 e. The smallest absolute Gasteiger partial charge is 0.138 e. The molecule has 43 heavy (non-hydrogen) atoms. The van der Waals surface area contributed by atoms with Gasteiger partial charge in [-0.15, -0.1) is 0 Å². The molecule has 2 bridgehead atoms. The summed E-state index contributed by atoms with van der Waals surface area (Å²) >= 11 is 0. The molecule has 8 heterocycles. The number of phenols is 1. The third-order valence-corrected chi connectivity index (χ3v) is 9.20. The molecule has 11 heteroatoms. The first-order chi connectivity index (χ1) is 21.0. The summed E-state index contributed by atoms with van der Waals surface area (Å²) in [5, 5.41) is 29.0. The lowest BCUT2D eigenvalue weighted by molar-refractivity contribution is -0.00921. The van der Waals surface area contributed by atoms with Crippen LogP contribution in [-0.4, -0.2) is 73.0 Å². The molecule has 5 aromatic rings. The Morgan fingerprint density at radius 3 is 2.67 bits per heavy atom. The molecule has 0 aliphatic carbocycles. The Balaban J connectivity index is 1.03. The number of anilines is 1. The van der Waals surface area contributed by atoms with Gasteiger partial charge in [-0.2, -0.15) is 10.4 Å². The molecule has 0 amide bonds. The molecule has 4 aliphatic rings. The van der Waals surface area contributed by atoms with E-state index in [9.17, 15) is 14.8 Å². The van der Waals surface area contributed by atoms with Gasteiger partial charge in [-0.1, -0.05) is 0 Å². The number of aromatic nitrogens is 5. The van der Waals surface area contributed by atoms with Crippen LogP contribution < -0.4 is 10.2 Å². The lowest BCUT2D eigenvalue weighted by Crippen LogP contribution is -2.68. The van der Waals surface area contributed by atoms with Crippen molar-refractivity contribution in [2.45, 2.75) is 37.5 Å². The minimum Gasteiger partial charge on any atom is -0.508 e. The molecule has 3 N–H and O–H groups in total. The van der Waals surface area contributed by atoms with Crippen LogP contribution in [0.1, 0.15) is 30.0 Å². The summed E-state index contributed by atoms with van der Waals surface area (Å²) < 4.78 is 15.8. The molecule has 9 rings (SSSR count). The molecule has 0 radical (unpaired) electrons. The van der Waals surface area contributed by atoms with E-state index in [0.717, 1.165) is 72.6 Å². The van der Waals surface area contributed by atoms with Gasteiger partial charge < -0.3 is 20.3 Å². The lowest BCUT2D eigenvalue weighted by Gasteiger charge is -2.56. The van der Waals surface area contributed by atoms with Gasteiger partial charge in [0, 0.05) is 84.5 Å². The van der Waals surface area contributed by atoms with Crippen LogP contribution in [0.4, 0.5) is 10.2 Å². The number of benzene rings is 1. The Labute approximate surface area is 247 Å². The van der Waals surface area contributed by atoms with Gasteiger partial charge in [0.2, 0.25) is 0 Å². The zero-order chi connectivity index (χ0) is 29.1. The van der Waals surface area contributed by atoms with Crippen LogP contribution in [0.15, 0.2) is 61.2 Å². The average molecular weight is 576 g/mol. The summed E-state index contributed by atoms with van der Waals surface area (Å²) in [6.07, 6.45) is 9.53. The second-order valence-corrected chi connectivity index (χ2v) is 11.8. The number of piperidine rings is 1. The number of rotatable bonds is 6. The zero-order valence-corrected chi connectivity index (χ0v) is 23.4. The van der Waals surface area contributed by atoms with Crippen molar-refractivity contribution in [1.29, 1.82) is 5.26 Å². The standard InChI is InChI=1S/C32H30FN9O/c33-23-2-3-29(43)20(7-23)15-41-25-8-26(41)18-40(17-25)30-4-1-19(11-36-30)31-21(10-34)12-37-32-27(31)9-28(39-32)22-13-38-42(16-22)24-5-6-35-14-24/h1-4,7,9,11-13,16,24-26,35,43H,5-6,8,14-15,17-18H2,(H,37,39)/t24-,25?,26?/m1/s1. The zero-order valence-electron chi connectivity index (χ0n) is 23.4. The van der Waals surface area contributed by atoms with E-state index >= 15 is 0 Å². The minimum atomic E-state index is -0.334. The van der Waals surface area contributed by atoms with E-state index in [1.54, 1.807) is 6.20 Å². The Hall–Kier alpha value is -4.79. The maximum absolute atomic E-state index is 13.7. The number of hydrogen-bond acceptors (Lipinski definition) is 8. The number of aromatic amines is 1. The highest BCUT2D eigenvalue weighted by atomic mass is 19.1. The Morgan fingerprint density at radius 2 is 1.91 bits per heavy atom. The van der Waals surface area contributed by atoms with E-state index in [0.29, 0.717) is 41.4 Å². The number of pyridine rings is 2. The minimum absolute atomic E-state index is 0.133. The highest BCUT2D eigenvalue weighted by Gasteiger charge is 2.45. The monoisotopic (exact) mass is 575 g/mol. The molecule has 10 nitrogen and oxygen atoms in total. The summed E-state index contributed by atoms with van der Waals surface area (Å²) in [4.78, 5) is 17.4. The van der Waals surface area contributed by atoms with E-state index < -0.39 is 0 Å². The quantitative estimate of drug-likeness (QED) is 0.276. The fourth-order valence-electron chi connectivity index (χ4n) is 6.90. The van der Waals surface area contributed by atoms with Crippen molar-refractivity contribution in [3.05, 3.63) is 78.1 Å². The molecule has 216 valence electrons. The number of halogens is 1. The number of fused-ring (bicyclic) bond motifs is 3. The number of phenolic OH excluding ortho intramolecular Hbond substituents is 1. The summed E-state index contributed by atoms with van der Waals surface area (Å²) in [5.74, 6) is 0.687. The predicted octanol–water partition coefficient (Wildman–Crippen LogP) is 4.20. The molecule has 4 saturated heterocycles. The van der Waals surface area contributed by atoms with Crippen LogP contribution in [0, 0.1) is 17.1 Å². The van der Waals surface area contributed by atoms with E-state index in [1.165, 1.54) is 18.2 Å². The number of nitriles is 1. The molecular weight excluding hydrogens is 545 g/mol. The molecule has 2 unspecified atom stereocenters. The second kappa shape index (κ2) is 10.2. The van der Waals surface area contributed by atoms with Crippen molar-refractivity contribution in [2.24, 2.45) is 0 Å². The van der Waals surface area contributed by atoms with Gasteiger partial charge in [0.1, 0.15) is 29.1 Å². The summed E-state index contributed by atoms with van der Waals surface area (Å²) in [5.41, 5.74) is 5.38. The van der Waals surface area contributed by atoms with Crippen molar-refractivity contribution in [2.75, 3.05) is 31.1 Å². The van der Waals surface area contributed by atoms with Crippen LogP contribution in [0.5, 0.6) is 5.75 Å². The van der Waals surface area contributed by atoms with Gasteiger partial charge in [-0.25, -0.2) is 14.4 Å². The molecule has 4 aliphatic heterocycles. The van der Waals surface area contributed by atoms with E-state index in [4.69, 9.17) is 4.98 Å². The number of nitrogens with zero attached hydrogens (tertiary/aromatic N) is 7. The van der Waals surface area contributed by atoms with Crippen LogP contribution in [0.3, 0.4) is 0 Å². The number of nitrogens with one attached hydrogen (secondary N) is 2.